The molecule has 7 heteroatoms. The van der Waals surface area contributed by atoms with Crippen molar-refractivity contribution in [1.29, 1.82) is 0 Å². The molecule has 7 nitrogen and oxygen atoms in total. The largest absolute Gasteiger partial charge is 0.347 e. The highest BCUT2D eigenvalue weighted by Gasteiger charge is 2.17. The number of nitrogens with zero attached hydrogens (tertiary/aromatic N) is 1. The highest BCUT2D eigenvalue weighted by molar-refractivity contribution is 5.87. The van der Waals surface area contributed by atoms with Gasteiger partial charge in [0.05, 0.1) is 19.1 Å². The standard InChI is InChI=1S/C11H19N5O2/c1-7(2)10(12)11(18)16-6-9(17)15-5-8-13-3-4-14-8/h3-4,7,10H,5-6,12H2,1-2H3,(H,13,14)(H,15,17)(H,16,18)/t10-/m0/s1. The lowest BCUT2D eigenvalue weighted by molar-refractivity contribution is -0.127. The van der Waals surface area contributed by atoms with Crippen LogP contribution in [-0.4, -0.2) is 34.4 Å². The topological polar surface area (TPSA) is 113 Å². The molecule has 1 heterocycles. The van der Waals surface area contributed by atoms with Gasteiger partial charge in [0.15, 0.2) is 0 Å². The number of rotatable bonds is 6. The van der Waals surface area contributed by atoms with Crippen LogP contribution in [0.25, 0.3) is 0 Å². The number of hydrogen-bond donors (Lipinski definition) is 4. The molecule has 0 fully saturated rings. The van der Waals surface area contributed by atoms with Crippen LogP contribution in [0.15, 0.2) is 12.4 Å². The van der Waals surface area contributed by atoms with E-state index in [1.54, 1.807) is 12.4 Å². The Bertz CT molecular complexity index is 388. The molecule has 2 amide bonds. The van der Waals surface area contributed by atoms with Crippen molar-refractivity contribution in [2.45, 2.75) is 26.4 Å². The van der Waals surface area contributed by atoms with Gasteiger partial charge in [-0.1, -0.05) is 13.8 Å². The molecule has 0 saturated carbocycles. The van der Waals surface area contributed by atoms with E-state index >= 15 is 0 Å². The molecule has 100 valence electrons. The first-order valence-electron chi connectivity index (χ1n) is 5.79. The average Bonchev–Trinajstić information content (AvgIpc) is 2.85. The first kappa shape index (κ1) is 14.2. The second-order valence-corrected chi connectivity index (χ2v) is 4.30. The molecule has 0 bridgehead atoms. The maximum Gasteiger partial charge on any atom is 0.239 e. The molecular weight excluding hydrogens is 234 g/mol. The molecule has 0 saturated heterocycles. The van der Waals surface area contributed by atoms with Crippen molar-refractivity contribution >= 4 is 11.8 Å². The van der Waals surface area contributed by atoms with E-state index in [0.29, 0.717) is 12.4 Å². The zero-order valence-corrected chi connectivity index (χ0v) is 10.6. The molecule has 0 unspecified atom stereocenters. The maximum atomic E-state index is 11.5. The van der Waals surface area contributed by atoms with E-state index in [1.807, 2.05) is 13.8 Å². The molecule has 18 heavy (non-hydrogen) atoms. The minimum absolute atomic E-state index is 0.0381. The number of nitrogens with two attached hydrogens (primary N) is 1. The van der Waals surface area contributed by atoms with Gasteiger partial charge in [-0.15, -0.1) is 0 Å². The molecule has 1 aromatic heterocycles. The molecule has 0 aliphatic carbocycles. The quantitative estimate of drug-likeness (QED) is 0.527. The van der Waals surface area contributed by atoms with E-state index < -0.39 is 6.04 Å². The van der Waals surface area contributed by atoms with Crippen LogP contribution < -0.4 is 16.4 Å². The molecule has 1 aromatic rings. The van der Waals surface area contributed by atoms with Crippen LogP contribution in [0.5, 0.6) is 0 Å². The zero-order chi connectivity index (χ0) is 13.5. The Morgan fingerprint density at radius 1 is 1.44 bits per heavy atom. The van der Waals surface area contributed by atoms with Crippen molar-refractivity contribution in [3.8, 4) is 0 Å². The molecule has 0 radical (unpaired) electrons. The van der Waals surface area contributed by atoms with Crippen molar-refractivity contribution in [3.05, 3.63) is 18.2 Å². The van der Waals surface area contributed by atoms with Gasteiger partial charge in [0.25, 0.3) is 0 Å². The number of hydrogen-bond acceptors (Lipinski definition) is 4. The second kappa shape index (κ2) is 6.75. The Balaban J connectivity index is 2.23. The smallest absolute Gasteiger partial charge is 0.239 e. The van der Waals surface area contributed by atoms with Crippen molar-refractivity contribution in [3.63, 3.8) is 0 Å². The fraction of sp³-hybridized carbons (Fsp3) is 0.545. The van der Waals surface area contributed by atoms with Gasteiger partial charge in [0, 0.05) is 12.4 Å². The van der Waals surface area contributed by atoms with Crippen LogP contribution in [0.3, 0.4) is 0 Å². The minimum Gasteiger partial charge on any atom is -0.347 e. The van der Waals surface area contributed by atoms with Crippen molar-refractivity contribution < 1.29 is 9.59 Å². The molecule has 0 aliphatic heterocycles. The summed E-state index contributed by atoms with van der Waals surface area (Å²) in [6, 6.07) is -0.595. The fourth-order valence-electron chi connectivity index (χ4n) is 1.23. The Hall–Kier alpha value is -1.89. The highest BCUT2D eigenvalue weighted by atomic mass is 16.2. The van der Waals surface area contributed by atoms with Gasteiger partial charge >= 0.3 is 0 Å². The summed E-state index contributed by atoms with van der Waals surface area (Å²) in [5.41, 5.74) is 5.64. The van der Waals surface area contributed by atoms with Gasteiger partial charge in [-0.05, 0) is 5.92 Å². The first-order valence-corrected chi connectivity index (χ1v) is 5.79. The van der Waals surface area contributed by atoms with Crippen LogP contribution in [0.2, 0.25) is 0 Å². The maximum absolute atomic E-state index is 11.5. The van der Waals surface area contributed by atoms with E-state index in [-0.39, 0.29) is 24.3 Å². The summed E-state index contributed by atoms with van der Waals surface area (Å²) >= 11 is 0. The summed E-state index contributed by atoms with van der Waals surface area (Å²) in [4.78, 5) is 29.7. The van der Waals surface area contributed by atoms with E-state index in [9.17, 15) is 9.59 Å². The van der Waals surface area contributed by atoms with Crippen LogP contribution in [0.1, 0.15) is 19.7 Å². The number of imidazole rings is 1. The molecule has 0 aliphatic rings. The first-order chi connectivity index (χ1) is 8.50. The Kier molecular flexibility index (Phi) is 5.31. The third-order valence-electron chi connectivity index (χ3n) is 2.45. The fourth-order valence-corrected chi connectivity index (χ4v) is 1.23. The molecular formula is C11H19N5O2. The van der Waals surface area contributed by atoms with E-state index in [2.05, 4.69) is 20.6 Å². The summed E-state index contributed by atoms with van der Waals surface area (Å²) in [5.74, 6) is 0.0959. The van der Waals surface area contributed by atoms with Gasteiger partial charge in [0.2, 0.25) is 11.8 Å². The summed E-state index contributed by atoms with van der Waals surface area (Å²) in [7, 11) is 0. The molecule has 0 spiro atoms. The van der Waals surface area contributed by atoms with Crippen molar-refractivity contribution in [2.24, 2.45) is 11.7 Å². The second-order valence-electron chi connectivity index (χ2n) is 4.30. The molecule has 0 aromatic carbocycles. The average molecular weight is 253 g/mol. The number of carbonyl (C=O) groups is 2. The number of H-pyrrole nitrogens is 1. The molecule has 5 N–H and O–H groups in total. The van der Waals surface area contributed by atoms with Gasteiger partial charge < -0.3 is 21.4 Å². The SMILES string of the molecule is CC(C)[C@H](N)C(=O)NCC(=O)NCc1ncc[nH]1. The Morgan fingerprint density at radius 3 is 2.72 bits per heavy atom. The summed E-state index contributed by atoms with van der Waals surface area (Å²) in [6.45, 7) is 3.92. The van der Waals surface area contributed by atoms with E-state index in [0.717, 1.165) is 0 Å². The lowest BCUT2D eigenvalue weighted by atomic mass is 10.1. The Labute approximate surface area is 106 Å². The van der Waals surface area contributed by atoms with Gasteiger partial charge in [-0.25, -0.2) is 4.98 Å². The normalized spacial score (nSPS) is 12.2. The monoisotopic (exact) mass is 253 g/mol. The third kappa shape index (κ3) is 4.54. The summed E-state index contributed by atoms with van der Waals surface area (Å²) in [6.07, 6.45) is 3.27. The Morgan fingerprint density at radius 2 is 2.17 bits per heavy atom. The van der Waals surface area contributed by atoms with Gasteiger partial charge in [-0.3, -0.25) is 9.59 Å². The number of aromatic nitrogens is 2. The lowest BCUT2D eigenvalue weighted by Crippen LogP contribution is -2.47. The van der Waals surface area contributed by atoms with E-state index in [1.165, 1.54) is 0 Å². The summed E-state index contributed by atoms with van der Waals surface area (Å²) < 4.78 is 0. The highest BCUT2D eigenvalue weighted by Crippen LogP contribution is 1.97. The number of nitrogens with one attached hydrogen (secondary N) is 3. The number of carbonyl (C=O) groups excluding carboxylic acids is 2. The van der Waals surface area contributed by atoms with Crippen molar-refractivity contribution in [1.82, 2.24) is 20.6 Å². The third-order valence-corrected chi connectivity index (χ3v) is 2.45. The predicted molar refractivity (Wildman–Crippen MR) is 66.3 cm³/mol. The lowest BCUT2D eigenvalue weighted by Gasteiger charge is -2.14. The predicted octanol–water partition coefficient (Wildman–Crippen LogP) is -0.875. The van der Waals surface area contributed by atoms with Crippen LogP contribution in [0, 0.1) is 5.92 Å². The van der Waals surface area contributed by atoms with Gasteiger partial charge in [0.1, 0.15) is 5.82 Å². The van der Waals surface area contributed by atoms with E-state index in [4.69, 9.17) is 5.73 Å². The number of amides is 2. The molecule has 1 atom stereocenters. The van der Waals surface area contributed by atoms with Crippen LogP contribution in [0.4, 0.5) is 0 Å². The van der Waals surface area contributed by atoms with Gasteiger partial charge in [-0.2, -0.15) is 0 Å². The zero-order valence-electron chi connectivity index (χ0n) is 10.6. The molecule has 1 rings (SSSR count). The minimum atomic E-state index is -0.595. The van der Waals surface area contributed by atoms with Crippen LogP contribution in [-0.2, 0) is 16.1 Å². The van der Waals surface area contributed by atoms with Crippen LogP contribution >= 0.6 is 0 Å². The number of aromatic amines is 1. The summed E-state index contributed by atoms with van der Waals surface area (Å²) in [5, 5.41) is 5.11. The van der Waals surface area contributed by atoms with Crippen molar-refractivity contribution in [2.75, 3.05) is 6.54 Å².